The van der Waals surface area contributed by atoms with Crippen LogP contribution < -0.4 is 5.32 Å². The third-order valence-electron chi connectivity index (χ3n) is 5.07. The molecular formula is C25H19FN4. The van der Waals surface area contributed by atoms with Crippen molar-refractivity contribution >= 4 is 11.2 Å². The molecule has 0 spiro atoms. The molecule has 3 aromatic heterocycles. The molecule has 0 atom stereocenters. The maximum Gasteiger partial charge on any atom is 0.123 e. The fourth-order valence-corrected chi connectivity index (χ4v) is 3.62. The number of nitrogens with zero attached hydrogens (tertiary/aromatic N) is 3. The molecule has 1 N–H and O–H groups in total. The minimum Gasteiger partial charge on any atom is -0.379 e. The molecule has 0 fully saturated rings. The predicted molar refractivity (Wildman–Crippen MR) is 118 cm³/mol. The Balaban J connectivity index is 1.65. The zero-order valence-corrected chi connectivity index (χ0v) is 16.2. The number of halogens is 1. The maximum absolute atomic E-state index is 13.5. The van der Waals surface area contributed by atoms with Crippen LogP contribution >= 0.6 is 0 Å². The fourth-order valence-electron chi connectivity index (χ4n) is 3.62. The van der Waals surface area contributed by atoms with E-state index in [1.807, 2.05) is 53.0 Å². The highest BCUT2D eigenvalue weighted by Crippen LogP contribution is 2.35. The Morgan fingerprint density at radius 1 is 0.767 bits per heavy atom. The van der Waals surface area contributed by atoms with Crippen molar-refractivity contribution in [2.24, 2.45) is 0 Å². The van der Waals surface area contributed by atoms with Crippen molar-refractivity contribution < 1.29 is 4.39 Å². The van der Waals surface area contributed by atoms with Gasteiger partial charge in [-0.1, -0.05) is 24.3 Å². The van der Waals surface area contributed by atoms with Crippen LogP contribution in [0.4, 0.5) is 10.1 Å². The van der Waals surface area contributed by atoms with Gasteiger partial charge in [0.1, 0.15) is 11.5 Å². The number of fused-ring (bicyclic) bond motifs is 1. The number of anilines is 1. The van der Waals surface area contributed by atoms with Crippen molar-refractivity contribution in [2.45, 2.75) is 6.54 Å². The summed E-state index contributed by atoms with van der Waals surface area (Å²) in [6.45, 7) is 0.627. The van der Waals surface area contributed by atoms with Crippen molar-refractivity contribution in [3.63, 3.8) is 0 Å². The van der Waals surface area contributed by atoms with E-state index in [1.165, 1.54) is 12.1 Å². The van der Waals surface area contributed by atoms with Crippen LogP contribution in [-0.2, 0) is 6.54 Å². The van der Waals surface area contributed by atoms with Crippen molar-refractivity contribution in [3.8, 4) is 22.4 Å². The first-order valence-electron chi connectivity index (χ1n) is 9.75. The summed E-state index contributed by atoms with van der Waals surface area (Å²) >= 11 is 0. The van der Waals surface area contributed by atoms with Gasteiger partial charge in [0.2, 0.25) is 0 Å². The zero-order chi connectivity index (χ0) is 20.3. The van der Waals surface area contributed by atoms with E-state index in [0.29, 0.717) is 6.54 Å². The van der Waals surface area contributed by atoms with Gasteiger partial charge in [0, 0.05) is 29.2 Å². The summed E-state index contributed by atoms with van der Waals surface area (Å²) in [6.07, 6.45) is 3.54. The Kier molecular flexibility index (Phi) is 4.69. The molecule has 146 valence electrons. The van der Waals surface area contributed by atoms with Crippen LogP contribution in [0.1, 0.15) is 5.69 Å². The summed E-state index contributed by atoms with van der Waals surface area (Å²) in [4.78, 5) is 4.14. The molecular weight excluding hydrogens is 375 g/mol. The van der Waals surface area contributed by atoms with E-state index < -0.39 is 0 Å². The van der Waals surface area contributed by atoms with E-state index in [-0.39, 0.29) is 5.82 Å². The molecule has 0 aliphatic rings. The number of hydrogen-bond donors (Lipinski definition) is 1. The van der Waals surface area contributed by atoms with Crippen LogP contribution in [0, 0.1) is 5.82 Å². The second-order valence-corrected chi connectivity index (χ2v) is 7.00. The third-order valence-corrected chi connectivity index (χ3v) is 5.07. The van der Waals surface area contributed by atoms with E-state index in [9.17, 15) is 4.39 Å². The molecule has 0 radical (unpaired) electrons. The van der Waals surface area contributed by atoms with Gasteiger partial charge < -0.3 is 5.32 Å². The van der Waals surface area contributed by atoms with E-state index in [0.717, 1.165) is 39.3 Å². The standard InChI is InChI=1S/C25H19FN4/c26-20-11-9-19(10-12-20)25-24(18-13-15-27-16-14-18)23-8-4-7-22(30(23)29-25)17-28-21-5-2-1-3-6-21/h1-16,28H,17H2. The van der Waals surface area contributed by atoms with Crippen LogP contribution in [0.15, 0.2) is 97.3 Å². The molecule has 5 heteroatoms. The van der Waals surface area contributed by atoms with Gasteiger partial charge in [-0.05, 0) is 66.2 Å². The highest BCUT2D eigenvalue weighted by molar-refractivity contribution is 5.92. The Labute approximate surface area is 173 Å². The van der Waals surface area contributed by atoms with Crippen LogP contribution in [-0.4, -0.2) is 14.6 Å². The number of rotatable bonds is 5. The largest absolute Gasteiger partial charge is 0.379 e. The second kappa shape index (κ2) is 7.79. The van der Waals surface area contributed by atoms with Gasteiger partial charge in [-0.3, -0.25) is 4.98 Å². The highest BCUT2D eigenvalue weighted by atomic mass is 19.1. The second-order valence-electron chi connectivity index (χ2n) is 7.00. The summed E-state index contributed by atoms with van der Waals surface area (Å²) in [7, 11) is 0. The Morgan fingerprint density at radius 2 is 1.53 bits per heavy atom. The lowest BCUT2D eigenvalue weighted by Gasteiger charge is -2.08. The lowest BCUT2D eigenvalue weighted by atomic mass is 10.0. The molecule has 30 heavy (non-hydrogen) atoms. The third kappa shape index (κ3) is 3.42. The number of aromatic nitrogens is 3. The normalized spacial score (nSPS) is 11.0. The summed E-state index contributed by atoms with van der Waals surface area (Å²) in [6, 6.07) is 26.6. The first kappa shape index (κ1) is 18.1. The van der Waals surface area contributed by atoms with Crippen molar-refractivity contribution in [2.75, 3.05) is 5.32 Å². The van der Waals surface area contributed by atoms with Crippen LogP contribution in [0.25, 0.3) is 27.9 Å². The molecule has 0 aliphatic heterocycles. The number of pyridine rings is 2. The van der Waals surface area contributed by atoms with E-state index in [1.54, 1.807) is 24.5 Å². The van der Waals surface area contributed by atoms with Crippen molar-refractivity contribution in [3.05, 3.63) is 109 Å². The summed E-state index contributed by atoms with van der Waals surface area (Å²) in [5.41, 5.74) is 6.78. The van der Waals surface area contributed by atoms with Crippen LogP contribution in [0.3, 0.4) is 0 Å². The van der Waals surface area contributed by atoms with Gasteiger partial charge in [0.25, 0.3) is 0 Å². The predicted octanol–water partition coefficient (Wildman–Crippen LogP) is 5.81. The molecule has 0 saturated carbocycles. The van der Waals surface area contributed by atoms with Gasteiger partial charge >= 0.3 is 0 Å². The summed E-state index contributed by atoms with van der Waals surface area (Å²) in [5, 5.41) is 8.38. The van der Waals surface area contributed by atoms with Gasteiger partial charge in [0.15, 0.2) is 0 Å². The number of para-hydroxylation sites is 1. The highest BCUT2D eigenvalue weighted by Gasteiger charge is 2.18. The van der Waals surface area contributed by atoms with E-state index >= 15 is 0 Å². The average Bonchev–Trinajstić information content (AvgIpc) is 3.19. The quantitative estimate of drug-likeness (QED) is 0.409. The van der Waals surface area contributed by atoms with Crippen LogP contribution in [0.2, 0.25) is 0 Å². The van der Waals surface area contributed by atoms with E-state index in [4.69, 9.17) is 5.10 Å². The van der Waals surface area contributed by atoms with Crippen LogP contribution in [0.5, 0.6) is 0 Å². The molecule has 0 bridgehead atoms. The fraction of sp³-hybridized carbons (Fsp3) is 0.0400. The summed E-state index contributed by atoms with van der Waals surface area (Å²) < 4.78 is 15.5. The first-order valence-corrected chi connectivity index (χ1v) is 9.75. The van der Waals surface area contributed by atoms with Gasteiger partial charge in [-0.15, -0.1) is 0 Å². The molecule has 5 aromatic rings. The topological polar surface area (TPSA) is 42.2 Å². The SMILES string of the molecule is Fc1ccc(-c2nn3c(CNc4ccccc4)cccc3c2-c2ccncc2)cc1. The molecule has 0 unspecified atom stereocenters. The molecule has 2 aromatic carbocycles. The lowest BCUT2D eigenvalue weighted by molar-refractivity contribution is 0.628. The number of nitrogens with one attached hydrogen (secondary N) is 1. The van der Waals surface area contributed by atoms with Crippen molar-refractivity contribution in [1.29, 1.82) is 0 Å². The molecule has 0 saturated heterocycles. The minimum absolute atomic E-state index is 0.263. The van der Waals surface area contributed by atoms with E-state index in [2.05, 4.69) is 22.4 Å². The summed E-state index contributed by atoms with van der Waals surface area (Å²) in [5.74, 6) is -0.263. The van der Waals surface area contributed by atoms with Crippen molar-refractivity contribution in [1.82, 2.24) is 14.6 Å². The van der Waals surface area contributed by atoms with Gasteiger partial charge in [-0.25, -0.2) is 8.91 Å². The molecule has 0 aliphatic carbocycles. The Hall–Kier alpha value is -3.99. The number of hydrogen-bond acceptors (Lipinski definition) is 3. The Morgan fingerprint density at radius 3 is 2.30 bits per heavy atom. The molecule has 3 heterocycles. The molecule has 4 nitrogen and oxygen atoms in total. The smallest absolute Gasteiger partial charge is 0.123 e. The maximum atomic E-state index is 13.5. The van der Waals surface area contributed by atoms with Gasteiger partial charge in [0.05, 0.1) is 17.8 Å². The first-order chi connectivity index (χ1) is 14.8. The lowest BCUT2D eigenvalue weighted by Crippen LogP contribution is -2.05. The van der Waals surface area contributed by atoms with Gasteiger partial charge in [-0.2, -0.15) is 5.10 Å². The monoisotopic (exact) mass is 394 g/mol. The molecule has 0 amide bonds. The zero-order valence-electron chi connectivity index (χ0n) is 16.2. The average molecular weight is 394 g/mol. The number of benzene rings is 2. The minimum atomic E-state index is -0.263. The molecule has 5 rings (SSSR count). The Bertz CT molecular complexity index is 1280.